The van der Waals surface area contributed by atoms with Crippen LogP contribution in [0.2, 0.25) is 0 Å². The van der Waals surface area contributed by atoms with Crippen LogP contribution in [0.3, 0.4) is 0 Å². The summed E-state index contributed by atoms with van der Waals surface area (Å²) in [6.45, 7) is -0.656. The van der Waals surface area contributed by atoms with Gasteiger partial charge in [-0.05, 0) is 12.1 Å². The topological polar surface area (TPSA) is 121 Å². The molecule has 0 saturated carbocycles. The Balaban J connectivity index is 2.06. The molecule has 8 nitrogen and oxygen atoms in total. The zero-order valence-corrected chi connectivity index (χ0v) is 12.6. The second kappa shape index (κ2) is 7.97. The van der Waals surface area contributed by atoms with E-state index >= 15 is 0 Å². The van der Waals surface area contributed by atoms with Gasteiger partial charge in [-0.2, -0.15) is 0 Å². The molecule has 25 heavy (non-hydrogen) atoms. The van der Waals surface area contributed by atoms with Crippen LogP contribution < -0.4 is 4.74 Å². The molecule has 2 rings (SSSR count). The number of aliphatic hydroxyl groups excluding tert-OH is 4. The molecule has 0 spiro atoms. The number of ether oxygens (including phenoxy) is 2. The average molecular weight is 367 g/mol. The van der Waals surface area contributed by atoms with Gasteiger partial charge in [0.05, 0.1) is 12.8 Å². The monoisotopic (exact) mass is 367 g/mol. The Labute approximate surface area is 139 Å². The van der Waals surface area contributed by atoms with Crippen molar-refractivity contribution in [3.63, 3.8) is 0 Å². The van der Waals surface area contributed by atoms with Gasteiger partial charge in [-0.15, -0.1) is 13.2 Å². The van der Waals surface area contributed by atoms with Crippen molar-refractivity contribution in [1.29, 1.82) is 0 Å². The minimum absolute atomic E-state index is 0.0654. The predicted molar refractivity (Wildman–Crippen MR) is 75.6 cm³/mol. The number of rotatable bonds is 5. The molecule has 0 amide bonds. The lowest BCUT2D eigenvalue weighted by Crippen LogP contribution is -2.58. The average Bonchev–Trinajstić information content (AvgIpc) is 2.55. The third-order valence-corrected chi connectivity index (χ3v) is 3.35. The summed E-state index contributed by atoms with van der Waals surface area (Å²) in [7, 11) is 0. The lowest BCUT2D eigenvalue weighted by molar-refractivity contribution is -0.301. The van der Waals surface area contributed by atoms with Gasteiger partial charge in [-0.3, -0.25) is 0 Å². The highest BCUT2D eigenvalue weighted by atomic mass is 19.4. The van der Waals surface area contributed by atoms with Crippen molar-refractivity contribution in [3.05, 3.63) is 29.8 Å². The van der Waals surface area contributed by atoms with Crippen LogP contribution in [0.1, 0.15) is 5.56 Å². The molecule has 0 aliphatic carbocycles. The van der Waals surface area contributed by atoms with Crippen molar-refractivity contribution in [2.24, 2.45) is 5.16 Å². The highest BCUT2D eigenvalue weighted by Gasteiger charge is 2.45. The van der Waals surface area contributed by atoms with Gasteiger partial charge in [-0.25, -0.2) is 0 Å². The van der Waals surface area contributed by atoms with Crippen molar-refractivity contribution in [2.75, 3.05) is 6.61 Å². The molecule has 11 heteroatoms. The Morgan fingerprint density at radius 2 is 1.80 bits per heavy atom. The van der Waals surface area contributed by atoms with E-state index in [-0.39, 0.29) is 5.56 Å². The number of hydrogen-bond donors (Lipinski definition) is 4. The molecule has 3 unspecified atom stereocenters. The molecule has 5 atom stereocenters. The first-order chi connectivity index (χ1) is 11.7. The molecule has 0 radical (unpaired) electrons. The molecule has 1 aromatic rings. The van der Waals surface area contributed by atoms with E-state index in [0.29, 0.717) is 0 Å². The van der Waals surface area contributed by atoms with E-state index in [1.54, 1.807) is 0 Å². The van der Waals surface area contributed by atoms with Crippen LogP contribution in [0.25, 0.3) is 0 Å². The SMILES string of the molecule is OCC1O[C@@H](O/N=C/c2ccccc2OC(F)(F)F)C(O)[C@@H](O)C1O. The number of aliphatic hydroxyl groups is 4. The Bertz CT molecular complexity index is 596. The van der Waals surface area contributed by atoms with Crippen LogP contribution in [-0.4, -0.2) is 70.3 Å². The number of nitrogens with zero attached hydrogens (tertiary/aromatic N) is 1. The molecule has 1 aliphatic heterocycles. The Morgan fingerprint density at radius 1 is 1.12 bits per heavy atom. The first-order valence-corrected chi connectivity index (χ1v) is 7.07. The van der Waals surface area contributed by atoms with Crippen LogP contribution in [0.15, 0.2) is 29.4 Å². The highest BCUT2D eigenvalue weighted by molar-refractivity contribution is 5.83. The van der Waals surface area contributed by atoms with Crippen molar-refractivity contribution in [1.82, 2.24) is 0 Å². The van der Waals surface area contributed by atoms with Crippen molar-refractivity contribution in [3.8, 4) is 5.75 Å². The zero-order chi connectivity index (χ0) is 18.6. The summed E-state index contributed by atoms with van der Waals surface area (Å²) in [6.07, 6.45) is -11.6. The highest BCUT2D eigenvalue weighted by Crippen LogP contribution is 2.26. The summed E-state index contributed by atoms with van der Waals surface area (Å²) in [5, 5.41) is 41.4. The molecule has 140 valence electrons. The summed E-state index contributed by atoms with van der Waals surface area (Å²) in [5.74, 6) is -0.517. The van der Waals surface area contributed by atoms with Gasteiger partial charge in [0.15, 0.2) is 0 Å². The normalized spacial score (nSPS) is 30.4. The van der Waals surface area contributed by atoms with Crippen LogP contribution in [-0.2, 0) is 9.57 Å². The van der Waals surface area contributed by atoms with Crippen molar-refractivity contribution >= 4 is 6.21 Å². The molecule has 1 fully saturated rings. The van der Waals surface area contributed by atoms with Crippen LogP contribution in [0.4, 0.5) is 13.2 Å². The summed E-state index contributed by atoms with van der Waals surface area (Å²) in [5.41, 5.74) is -0.0654. The maximum absolute atomic E-state index is 12.3. The van der Waals surface area contributed by atoms with E-state index in [2.05, 4.69) is 9.89 Å². The standard InChI is InChI=1S/C14H16F3NO7/c15-14(16,17)24-8-4-2-1-3-7(8)5-18-25-13-12(22)11(21)10(20)9(6-19)23-13/h1-5,9-13,19-22H,6H2/b18-5+/t9?,10?,11-,12?,13-/m0/s1. The zero-order valence-electron chi connectivity index (χ0n) is 12.6. The van der Waals surface area contributed by atoms with E-state index in [1.165, 1.54) is 18.2 Å². The molecule has 0 aromatic heterocycles. The first-order valence-electron chi connectivity index (χ1n) is 7.07. The Morgan fingerprint density at radius 3 is 2.44 bits per heavy atom. The second-order valence-electron chi connectivity index (χ2n) is 5.12. The maximum atomic E-state index is 12.3. The molecule has 4 N–H and O–H groups in total. The maximum Gasteiger partial charge on any atom is 0.573 e. The number of benzene rings is 1. The quantitative estimate of drug-likeness (QED) is 0.418. The molecule has 1 aliphatic rings. The number of oxime groups is 1. The van der Waals surface area contributed by atoms with Gasteiger partial charge >= 0.3 is 6.36 Å². The molecule has 1 heterocycles. The number of halogens is 3. The Hall–Kier alpha value is -1.92. The van der Waals surface area contributed by atoms with E-state index < -0.39 is 49.4 Å². The minimum atomic E-state index is -4.89. The van der Waals surface area contributed by atoms with E-state index in [9.17, 15) is 28.5 Å². The lowest BCUT2D eigenvalue weighted by Gasteiger charge is -2.38. The largest absolute Gasteiger partial charge is 0.573 e. The van der Waals surface area contributed by atoms with Gasteiger partial charge in [0.25, 0.3) is 6.29 Å². The third kappa shape index (κ3) is 5.03. The fourth-order valence-electron chi connectivity index (χ4n) is 2.11. The van der Waals surface area contributed by atoms with Gasteiger partial charge < -0.3 is 34.7 Å². The molecule has 1 saturated heterocycles. The summed E-state index contributed by atoms with van der Waals surface area (Å²) >= 11 is 0. The summed E-state index contributed by atoms with van der Waals surface area (Å²) < 4.78 is 45.8. The van der Waals surface area contributed by atoms with Crippen LogP contribution >= 0.6 is 0 Å². The second-order valence-corrected chi connectivity index (χ2v) is 5.12. The third-order valence-electron chi connectivity index (χ3n) is 3.35. The summed E-state index contributed by atoms with van der Waals surface area (Å²) in [6, 6.07) is 5.12. The fourth-order valence-corrected chi connectivity index (χ4v) is 2.11. The van der Waals surface area contributed by atoms with Gasteiger partial charge in [0.1, 0.15) is 30.2 Å². The van der Waals surface area contributed by atoms with Gasteiger partial charge in [0, 0.05) is 5.56 Å². The first kappa shape index (κ1) is 19.4. The summed E-state index contributed by atoms with van der Waals surface area (Å²) in [4.78, 5) is 4.81. The van der Waals surface area contributed by atoms with Gasteiger partial charge in [-0.1, -0.05) is 17.3 Å². The molecule has 0 bridgehead atoms. The van der Waals surface area contributed by atoms with Crippen molar-refractivity contribution in [2.45, 2.75) is 37.1 Å². The Kier molecular flexibility index (Phi) is 6.19. The minimum Gasteiger partial charge on any atom is -0.405 e. The predicted octanol–water partition coefficient (Wildman–Crippen LogP) is -0.264. The fraction of sp³-hybridized carbons (Fsp3) is 0.500. The molecule has 1 aromatic carbocycles. The smallest absolute Gasteiger partial charge is 0.405 e. The van der Waals surface area contributed by atoms with E-state index in [4.69, 9.17) is 14.7 Å². The van der Waals surface area contributed by atoms with Crippen LogP contribution in [0, 0.1) is 0 Å². The molecular formula is C14H16F3NO7. The number of hydrogen-bond acceptors (Lipinski definition) is 8. The number of alkyl halides is 3. The lowest BCUT2D eigenvalue weighted by atomic mass is 9.99. The van der Waals surface area contributed by atoms with E-state index in [0.717, 1.165) is 12.3 Å². The van der Waals surface area contributed by atoms with Gasteiger partial charge in [0.2, 0.25) is 0 Å². The number of para-hydroxylation sites is 1. The van der Waals surface area contributed by atoms with E-state index in [1.807, 2.05) is 0 Å². The molecular weight excluding hydrogens is 351 g/mol. The van der Waals surface area contributed by atoms with Crippen LogP contribution in [0.5, 0.6) is 5.75 Å². The van der Waals surface area contributed by atoms with Crippen molar-refractivity contribution < 1.29 is 47.9 Å².